The van der Waals surface area contributed by atoms with Gasteiger partial charge in [-0.1, -0.05) is 83.5 Å². The molecule has 4 aromatic rings. The predicted octanol–water partition coefficient (Wildman–Crippen LogP) is 6.93. The number of likely N-dealkylation sites (N-methyl/N-ethyl adjacent to an activating group) is 1. The number of carbonyl (C=O) groups is 5. The van der Waals surface area contributed by atoms with E-state index in [1.165, 1.54) is 20.6 Å². The summed E-state index contributed by atoms with van der Waals surface area (Å²) in [7, 11) is 4.32. The topological polar surface area (TPSA) is 175 Å². The summed E-state index contributed by atoms with van der Waals surface area (Å²) in [5.74, 6) is 0.148. The molecular weight excluding hydrogens is 739 g/mol. The van der Waals surface area contributed by atoms with Crippen LogP contribution in [0.1, 0.15) is 79.1 Å². The van der Waals surface area contributed by atoms with Crippen LogP contribution < -0.4 is 16.0 Å². The first-order chi connectivity index (χ1) is 27.9. The summed E-state index contributed by atoms with van der Waals surface area (Å²) in [6, 6.07) is 18.8. The predicted molar refractivity (Wildman–Crippen MR) is 228 cm³/mol. The average Bonchev–Trinajstić information content (AvgIpc) is 3.92. The summed E-state index contributed by atoms with van der Waals surface area (Å²) in [6.07, 6.45) is 4.82. The van der Waals surface area contributed by atoms with Crippen LogP contribution in [0.25, 0.3) is 33.2 Å². The number of amides is 4. The van der Waals surface area contributed by atoms with E-state index >= 15 is 0 Å². The van der Waals surface area contributed by atoms with Crippen molar-refractivity contribution in [1.82, 2.24) is 30.4 Å². The molecule has 3 atom stereocenters. The number of hydrogen-bond acceptors (Lipinski definition) is 9. The van der Waals surface area contributed by atoms with Crippen molar-refractivity contribution in [3.05, 3.63) is 72.7 Å². The number of imidazole rings is 1. The van der Waals surface area contributed by atoms with Gasteiger partial charge in [-0.15, -0.1) is 0 Å². The number of methoxy groups -OCH3 is 2. The molecule has 4 N–H and O–H groups in total. The molecule has 314 valence electrons. The lowest BCUT2D eigenvalue weighted by molar-refractivity contribution is -0.137. The number of nitrogens with one attached hydrogen (secondary N) is 4. The van der Waals surface area contributed by atoms with Crippen LogP contribution >= 0.6 is 0 Å². The molecule has 3 unspecified atom stereocenters. The van der Waals surface area contributed by atoms with E-state index < -0.39 is 18.2 Å². The van der Waals surface area contributed by atoms with Gasteiger partial charge in [0.2, 0.25) is 17.7 Å². The standard InChI is InChI=1S/C39H49N7O5.C3H8.C2H4O2/c1-7-18-45(34(47)23-40-5)25(4)37(48)42-31-17-16-29-20-28(14-15-30(29)21-31)26-10-12-27(13-11-26)32-22-41-36(43-32)33-9-8-19-46(33)38(49)35(24(2)3)44-39(50)51-6;1-3-2;1-4-2-3/h10-17,20-22,24-25,33,35,40H,7-9,18-19,23H2,1-6H3,(H,41,43)(H,42,48)(H,44,50);3H2,1-2H3;2H,1H3. The Morgan fingerprint density at radius 2 is 1.57 bits per heavy atom. The lowest BCUT2D eigenvalue weighted by atomic mass is 9.99. The minimum absolute atomic E-state index is 0.102. The van der Waals surface area contributed by atoms with Gasteiger partial charge < -0.3 is 40.2 Å². The van der Waals surface area contributed by atoms with Gasteiger partial charge in [0.25, 0.3) is 6.47 Å². The summed E-state index contributed by atoms with van der Waals surface area (Å²) < 4.78 is 8.61. The molecule has 1 aliphatic heterocycles. The number of rotatable bonds is 14. The number of nitrogens with zero attached hydrogens (tertiary/aromatic N) is 3. The second-order valence-corrected chi connectivity index (χ2v) is 14.4. The van der Waals surface area contributed by atoms with Gasteiger partial charge in [0, 0.05) is 18.8 Å². The maximum Gasteiger partial charge on any atom is 0.407 e. The minimum atomic E-state index is -0.685. The zero-order valence-electron chi connectivity index (χ0n) is 35.4. The zero-order valence-corrected chi connectivity index (χ0v) is 35.4. The van der Waals surface area contributed by atoms with Crippen LogP contribution in [0.3, 0.4) is 0 Å². The van der Waals surface area contributed by atoms with Crippen molar-refractivity contribution >= 4 is 46.7 Å². The smallest absolute Gasteiger partial charge is 0.407 e. The van der Waals surface area contributed by atoms with Crippen LogP contribution in [-0.4, -0.2) is 103 Å². The van der Waals surface area contributed by atoms with Crippen molar-refractivity contribution in [3.8, 4) is 22.4 Å². The minimum Gasteiger partial charge on any atom is -0.471 e. The number of ether oxygens (including phenoxy) is 2. The van der Waals surface area contributed by atoms with Crippen molar-refractivity contribution in [2.75, 3.05) is 46.2 Å². The van der Waals surface area contributed by atoms with Crippen LogP contribution in [0.2, 0.25) is 0 Å². The van der Waals surface area contributed by atoms with Gasteiger partial charge in [-0.3, -0.25) is 19.2 Å². The van der Waals surface area contributed by atoms with Crippen LogP contribution in [0.4, 0.5) is 10.5 Å². The molecule has 0 radical (unpaired) electrons. The van der Waals surface area contributed by atoms with E-state index in [2.05, 4.69) is 68.8 Å². The van der Waals surface area contributed by atoms with Crippen molar-refractivity contribution in [3.63, 3.8) is 0 Å². The molecule has 1 aliphatic rings. The number of anilines is 1. The molecule has 1 fully saturated rings. The van der Waals surface area contributed by atoms with Gasteiger partial charge >= 0.3 is 6.09 Å². The fraction of sp³-hybridized carbons (Fsp3) is 0.455. The maximum absolute atomic E-state index is 13.5. The Balaban J connectivity index is 0.00000119. The van der Waals surface area contributed by atoms with Crippen molar-refractivity contribution in [1.29, 1.82) is 0 Å². The molecule has 1 saturated heterocycles. The summed E-state index contributed by atoms with van der Waals surface area (Å²) >= 11 is 0. The second kappa shape index (κ2) is 23.5. The molecule has 14 heteroatoms. The van der Waals surface area contributed by atoms with Gasteiger partial charge in [0.1, 0.15) is 17.9 Å². The number of benzene rings is 3. The molecule has 14 nitrogen and oxygen atoms in total. The summed E-state index contributed by atoms with van der Waals surface area (Å²) in [6.45, 7) is 13.5. The zero-order chi connectivity index (χ0) is 42.8. The number of likely N-dealkylation sites (tertiary alicyclic amines) is 1. The Labute approximate surface area is 342 Å². The van der Waals surface area contributed by atoms with Gasteiger partial charge in [0.05, 0.1) is 38.7 Å². The number of H-pyrrole nitrogens is 1. The van der Waals surface area contributed by atoms with E-state index in [-0.39, 0.29) is 36.2 Å². The number of alkyl carbamates (subject to hydrolysis) is 1. The Bertz CT molecular complexity index is 1950. The van der Waals surface area contributed by atoms with E-state index in [9.17, 15) is 19.2 Å². The van der Waals surface area contributed by atoms with Crippen LogP contribution in [-0.2, 0) is 28.7 Å². The van der Waals surface area contributed by atoms with E-state index in [0.717, 1.165) is 58.2 Å². The first-order valence-corrected chi connectivity index (χ1v) is 19.9. The fourth-order valence-electron chi connectivity index (χ4n) is 6.61. The van der Waals surface area contributed by atoms with Gasteiger partial charge in [-0.25, -0.2) is 9.78 Å². The Hall–Kier alpha value is -5.76. The van der Waals surface area contributed by atoms with Crippen LogP contribution in [0.15, 0.2) is 66.9 Å². The molecule has 2 heterocycles. The highest BCUT2D eigenvalue weighted by molar-refractivity contribution is 5.99. The monoisotopic (exact) mass is 799 g/mol. The van der Waals surface area contributed by atoms with Crippen LogP contribution in [0.5, 0.6) is 0 Å². The lowest BCUT2D eigenvalue weighted by Crippen LogP contribution is -2.51. The highest BCUT2D eigenvalue weighted by Gasteiger charge is 2.37. The molecule has 58 heavy (non-hydrogen) atoms. The molecule has 5 rings (SSSR count). The number of carbonyl (C=O) groups excluding carboxylic acids is 5. The van der Waals surface area contributed by atoms with Gasteiger partial charge in [0.15, 0.2) is 0 Å². The Morgan fingerprint density at radius 1 is 0.948 bits per heavy atom. The Morgan fingerprint density at radius 3 is 2.17 bits per heavy atom. The summed E-state index contributed by atoms with van der Waals surface area (Å²) in [5, 5.41) is 10.6. The maximum atomic E-state index is 13.5. The third kappa shape index (κ3) is 12.6. The van der Waals surface area contributed by atoms with Crippen molar-refractivity contribution in [2.24, 2.45) is 5.92 Å². The van der Waals surface area contributed by atoms with Gasteiger partial charge in [-0.2, -0.15) is 0 Å². The SMILES string of the molecule is CCC.CCCN(C(=O)CNC)C(C)C(=O)Nc1ccc2cc(-c3ccc(-c4cnc(C5CCCN5C(=O)C(NC(=O)OC)C(C)C)[nH]4)cc3)ccc2c1.COC=O. The van der Waals surface area contributed by atoms with Crippen molar-refractivity contribution in [2.45, 2.75) is 85.4 Å². The number of aromatic nitrogens is 2. The molecule has 1 aromatic heterocycles. The number of aromatic amines is 1. The first-order valence-electron chi connectivity index (χ1n) is 19.9. The molecule has 4 amide bonds. The van der Waals surface area contributed by atoms with Crippen molar-refractivity contribution < 1.29 is 33.4 Å². The molecule has 0 spiro atoms. The van der Waals surface area contributed by atoms with Gasteiger partial charge in [-0.05, 0) is 84.8 Å². The number of hydrogen-bond donors (Lipinski definition) is 4. The molecule has 0 aliphatic carbocycles. The lowest BCUT2D eigenvalue weighted by Gasteiger charge is -2.30. The molecule has 3 aromatic carbocycles. The fourth-order valence-corrected chi connectivity index (χ4v) is 6.61. The number of fused-ring (bicyclic) bond motifs is 1. The quantitative estimate of drug-likeness (QED) is 0.0986. The van der Waals surface area contributed by atoms with E-state index in [1.54, 1.807) is 30.0 Å². The largest absolute Gasteiger partial charge is 0.471 e. The summed E-state index contributed by atoms with van der Waals surface area (Å²) in [5.41, 5.74) is 4.62. The van der Waals surface area contributed by atoms with E-state index in [1.807, 2.05) is 57.2 Å². The van der Waals surface area contributed by atoms with Crippen LogP contribution in [0, 0.1) is 5.92 Å². The molecular formula is C44H61N7O7. The molecule has 0 bridgehead atoms. The van der Waals surface area contributed by atoms with E-state index in [0.29, 0.717) is 25.2 Å². The van der Waals surface area contributed by atoms with E-state index in [4.69, 9.17) is 9.53 Å². The Kier molecular flexibility index (Phi) is 18.9. The average molecular weight is 800 g/mol. The highest BCUT2D eigenvalue weighted by atomic mass is 16.5. The highest BCUT2D eigenvalue weighted by Crippen LogP contribution is 2.33. The third-order valence-corrected chi connectivity index (χ3v) is 9.53. The first kappa shape index (κ1) is 46.6. The normalized spacial score (nSPS) is 14.2. The summed E-state index contributed by atoms with van der Waals surface area (Å²) in [4.78, 5) is 71.5. The third-order valence-electron chi connectivity index (χ3n) is 9.53. The second-order valence-electron chi connectivity index (χ2n) is 14.4. The molecule has 0 saturated carbocycles.